The molecule has 0 amide bonds. The highest BCUT2D eigenvalue weighted by Crippen LogP contribution is 2.71. The number of allylic oxidation sites excluding steroid dienone is 2. The Morgan fingerprint density at radius 1 is 0.958 bits per heavy atom. The zero-order chi connectivity index (χ0) is 17.5. The molecule has 4 aliphatic carbocycles. The average molecular weight is 329 g/mol. The Balaban J connectivity index is 1.78. The molecule has 0 N–H and O–H groups in total. The Hall–Kier alpha value is -0.260. The van der Waals surface area contributed by atoms with E-state index < -0.39 is 0 Å². The summed E-state index contributed by atoms with van der Waals surface area (Å²) in [5.74, 6) is 3.75. The standard InChI is InChI=1S/C24H40/c1-16-8-11-19-18-10-9-17-14-21(2,3)12-13-23(17,6)20(18)22(4,5)15-24(16,19)7/h9,16,18-20H,8,10-15H2,1-7H3. The van der Waals surface area contributed by atoms with Crippen LogP contribution in [0.15, 0.2) is 11.6 Å². The first-order chi connectivity index (χ1) is 11.0. The molecule has 0 saturated heterocycles. The molecule has 3 fully saturated rings. The van der Waals surface area contributed by atoms with Crippen molar-refractivity contribution in [2.75, 3.05) is 0 Å². The van der Waals surface area contributed by atoms with Gasteiger partial charge in [0.25, 0.3) is 0 Å². The van der Waals surface area contributed by atoms with Gasteiger partial charge in [0.05, 0.1) is 0 Å². The lowest BCUT2D eigenvalue weighted by Crippen LogP contribution is -2.57. The number of hydrogen-bond donors (Lipinski definition) is 0. The minimum Gasteiger partial charge on any atom is -0.0845 e. The second kappa shape index (κ2) is 4.92. The molecule has 6 unspecified atom stereocenters. The summed E-state index contributed by atoms with van der Waals surface area (Å²) < 4.78 is 0. The van der Waals surface area contributed by atoms with E-state index in [1.165, 1.54) is 44.9 Å². The Morgan fingerprint density at radius 2 is 1.67 bits per heavy atom. The van der Waals surface area contributed by atoms with Gasteiger partial charge in [0.15, 0.2) is 0 Å². The summed E-state index contributed by atoms with van der Waals surface area (Å²) in [6, 6.07) is 0. The highest BCUT2D eigenvalue weighted by molar-refractivity contribution is 5.28. The molecule has 0 bridgehead atoms. The Labute approximate surface area is 150 Å². The third kappa shape index (κ3) is 2.16. The maximum absolute atomic E-state index is 2.73. The smallest absolute Gasteiger partial charge is 0.00798 e. The van der Waals surface area contributed by atoms with Crippen LogP contribution in [0.5, 0.6) is 0 Å². The lowest BCUT2D eigenvalue weighted by molar-refractivity contribution is -0.124. The fourth-order valence-electron chi connectivity index (χ4n) is 8.51. The molecule has 4 rings (SSSR count). The van der Waals surface area contributed by atoms with Crippen LogP contribution in [0.3, 0.4) is 0 Å². The summed E-state index contributed by atoms with van der Waals surface area (Å²) in [6.07, 6.45) is 12.7. The van der Waals surface area contributed by atoms with E-state index in [1.807, 2.05) is 5.57 Å². The predicted octanol–water partition coefficient (Wildman–Crippen LogP) is 7.25. The van der Waals surface area contributed by atoms with Gasteiger partial charge in [-0.3, -0.25) is 0 Å². The first kappa shape index (κ1) is 17.2. The molecule has 4 aliphatic rings. The molecule has 0 aliphatic heterocycles. The van der Waals surface area contributed by atoms with Crippen molar-refractivity contribution in [1.29, 1.82) is 0 Å². The second-order valence-corrected chi connectivity index (χ2v) is 12.1. The van der Waals surface area contributed by atoms with E-state index in [-0.39, 0.29) is 0 Å². The second-order valence-electron chi connectivity index (χ2n) is 12.1. The fourth-order valence-corrected chi connectivity index (χ4v) is 8.51. The molecular weight excluding hydrogens is 288 g/mol. The van der Waals surface area contributed by atoms with Crippen molar-refractivity contribution in [3.63, 3.8) is 0 Å². The van der Waals surface area contributed by atoms with Gasteiger partial charge in [0, 0.05) is 0 Å². The van der Waals surface area contributed by atoms with Crippen LogP contribution in [0.1, 0.15) is 93.4 Å². The van der Waals surface area contributed by atoms with Crippen molar-refractivity contribution >= 4 is 0 Å². The highest BCUT2D eigenvalue weighted by Gasteiger charge is 2.63. The van der Waals surface area contributed by atoms with E-state index in [4.69, 9.17) is 0 Å². The van der Waals surface area contributed by atoms with E-state index in [9.17, 15) is 0 Å². The van der Waals surface area contributed by atoms with Crippen LogP contribution in [-0.4, -0.2) is 0 Å². The Kier molecular flexibility index (Phi) is 3.52. The fraction of sp³-hybridized carbons (Fsp3) is 0.917. The quantitative estimate of drug-likeness (QED) is 0.411. The van der Waals surface area contributed by atoms with Crippen molar-refractivity contribution in [3.05, 3.63) is 11.6 Å². The summed E-state index contributed by atoms with van der Waals surface area (Å²) in [7, 11) is 0. The topological polar surface area (TPSA) is 0 Å². The summed E-state index contributed by atoms with van der Waals surface area (Å²) in [4.78, 5) is 0. The summed E-state index contributed by atoms with van der Waals surface area (Å²) in [5.41, 5.74) is 3.93. The molecule has 0 aromatic heterocycles. The van der Waals surface area contributed by atoms with Crippen LogP contribution in [-0.2, 0) is 0 Å². The Bertz CT molecular complexity index is 565. The third-order valence-electron chi connectivity index (χ3n) is 9.55. The van der Waals surface area contributed by atoms with Gasteiger partial charge in [-0.05, 0) is 90.3 Å². The highest BCUT2D eigenvalue weighted by atomic mass is 14.7. The molecule has 0 heterocycles. The molecule has 6 atom stereocenters. The molecule has 3 saturated carbocycles. The normalized spacial score (nSPS) is 52.0. The van der Waals surface area contributed by atoms with Crippen molar-refractivity contribution < 1.29 is 0 Å². The van der Waals surface area contributed by atoms with Crippen molar-refractivity contribution in [3.8, 4) is 0 Å². The molecule has 0 radical (unpaired) electrons. The lowest BCUT2D eigenvalue weighted by atomic mass is 9.40. The van der Waals surface area contributed by atoms with Crippen molar-refractivity contribution in [1.82, 2.24) is 0 Å². The van der Waals surface area contributed by atoms with Gasteiger partial charge in [0.1, 0.15) is 0 Å². The van der Waals surface area contributed by atoms with Gasteiger partial charge in [-0.1, -0.05) is 60.1 Å². The number of rotatable bonds is 0. The Morgan fingerprint density at radius 3 is 2.38 bits per heavy atom. The zero-order valence-corrected chi connectivity index (χ0v) is 17.3. The van der Waals surface area contributed by atoms with Gasteiger partial charge >= 0.3 is 0 Å². The molecule has 24 heavy (non-hydrogen) atoms. The van der Waals surface area contributed by atoms with Crippen LogP contribution in [0.4, 0.5) is 0 Å². The van der Waals surface area contributed by atoms with Gasteiger partial charge in [-0.15, -0.1) is 0 Å². The maximum Gasteiger partial charge on any atom is -0.00798 e. The molecule has 0 aromatic rings. The molecular formula is C24H40. The van der Waals surface area contributed by atoms with E-state index in [2.05, 4.69) is 54.5 Å². The minimum absolute atomic E-state index is 0.481. The van der Waals surface area contributed by atoms with Crippen LogP contribution in [0.25, 0.3) is 0 Å². The summed E-state index contributed by atoms with van der Waals surface area (Å²) in [5, 5.41) is 0. The van der Waals surface area contributed by atoms with Crippen LogP contribution < -0.4 is 0 Å². The first-order valence-electron chi connectivity index (χ1n) is 10.7. The van der Waals surface area contributed by atoms with Crippen LogP contribution in [0.2, 0.25) is 0 Å². The van der Waals surface area contributed by atoms with Gasteiger partial charge in [0.2, 0.25) is 0 Å². The molecule has 136 valence electrons. The molecule has 0 heteroatoms. The predicted molar refractivity (Wildman–Crippen MR) is 104 cm³/mol. The molecule has 0 aromatic carbocycles. The average Bonchev–Trinajstić information content (AvgIpc) is 2.73. The first-order valence-corrected chi connectivity index (χ1v) is 10.7. The van der Waals surface area contributed by atoms with Crippen LogP contribution >= 0.6 is 0 Å². The molecule has 0 spiro atoms. The van der Waals surface area contributed by atoms with Crippen molar-refractivity contribution in [2.24, 2.45) is 45.3 Å². The minimum atomic E-state index is 0.481. The maximum atomic E-state index is 2.73. The monoisotopic (exact) mass is 328 g/mol. The summed E-state index contributed by atoms with van der Waals surface area (Å²) >= 11 is 0. The lowest BCUT2D eigenvalue weighted by Gasteiger charge is -2.64. The van der Waals surface area contributed by atoms with Crippen LogP contribution in [0, 0.1) is 45.3 Å². The summed E-state index contributed by atoms with van der Waals surface area (Å²) in [6.45, 7) is 18.1. The van der Waals surface area contributed by atoms with E-state index in [0.29, 0.717) is 21.7 Å². The SMILES string of the molecule is CC1CCC2C3CC=C4CC(C)(C)CCC4(C)C3C(C)(C)CC12C. The molecule has 0 nitrogen and oxygen atoms in total. The largest absolute Gasteiger partial charge is 0.0845 e. The zero-order valence-electron chi connectivity index (χ0n) is 17.3. The number of fused-ring (bicyclic) bond motifs is 5. The van der Waals surface area contributed by atoms with E-state index in [1.54, 1.807) is 0 Å². The third-order valence-corrected chi connectivity index (χ3v) is 9.55. The van der Waals surface area contributed by atoms with Gasteiger partial charge in [-0.2, -0.15) is 0 Å². The van der Waals surface area contributed by atoms with Gasteiger partial charge in [-0.25, -0.2) is 0 Å². The van der Waals surface area contributed by atoms with E-state index >= 15 is 0 Å². The van der Waals surface area contributed by atoms with E-state index in [0.717, 1.165) is 23.7 Å². The van der Waals surface area contributed by atoms with Gasteiger partial charge < -0.3 is 0 Å². The van der Waals surface area contributed by atoms with Crippen molar-refractivity contribution in [2.45, 2.75) is 93.4 Å². The number of hydrogen-bond acceptors (Lipinski definition) is 0.